The molecule has 4 rings (SSSR count). The molecule has 0 aliphatic carbocycles. The quantitative estimate of drug-likeness (QED) is 0.595. The van der Waals surface area contributed by atoms with Crippen molar-refractivity contribution in [2.24, 2.45) is 0 Å². The van der Waals surface area contributed by atoms with Gasteiger partial charge in [0.05, 0.1) is 0 Å². The fourth-order valence-corrected chi connectivity index (χ4v) is 2.15. The number of aromatic amines is 2. The number of benzene rings is 2. The van der Waals surface area contributed by atoms with Gasteiger partial charge in [0.25, 0.3) is 0 Å². The highest BCUT2D eigenvalue weighted by Crippen LogP contribution is 2.18. The molecule has 0 saturated heterocycles. The van der Waals surface area contributed by atoms with E-state index in [1.54, 1.807) is 12.4 Å². The first-order valence-electron chi connectivity index (χ1n) is 7.19. The molecule has 6 heteroatoms. The summed E-state index contributed by atoms with van der Waals surface area (Å²) in [7, 11) is 0. The zero-order valence-electron chi connectivity index (χ0n) is 12.6. The molecule has 2 aromatic heterocycles. The normalized spacial score (nSPS) is 9.96. The average molecular weight is 304 g/mol. The van der Waals surface area contributed by atoms with Crippen LogP contribution in [0.2, 0.25) is 0 Å². The summed E-state index contributed by atoms with van der Waals surface area (Å²) < 4.78 is 0. The lowest BCUT2D eigenvalue weighted by Gasteiger charge is -1.98. The number of hydrogen-bond donors (Lipinski definition) is 2. The summed E-state index contributed by atoms with van der Waals surface area (Å²) >= 11 is 0. The molecular formula is C17H16N6. The Labute approximate surface area is 133 Å². The van der Waals surface area contributed by atoms with Crippen LogP contribution >= 0.6 is 0 Å². The number of hydrogen-bond acceptors (Lipinski definition) is 4. The second-order valence-electron chi connectivity index (χ2n) is 4.90. The summed E-state index contributed by atoms with van der Waals surface area (Å²) in [5.74, 6) is 0. The van der Waals surface area contributed by atoms with Gasteiger partial charge < -0.3 is 0 Å². The smallest absolute Gasteiger partial charge is 0.113 e. The maximum absolute atomic E-state index is 3.94. The second kappa shape index (κ2) is 7.13. The molecule has 0 unspecified atom stereocenters. The standard InChI is InChI=1S/C9H9N3.C8H7N3/c1-7-4-2-3-5-8(7)9-6-10-12-11-9;1-2-4-7(5-3-1)8-6-9-11-10-8/h2-6H,1H3,(H,10,11,12);1-6H,(H,9,10,11). The fraction of sp³-hybridized carbons (Fsp3) is 0.0588. The molecule has 0 amide bonds. The van der Waals surface area contributed by atoms with Gasteiger partial charge in [-0.3, -0.25) is 10.2 Å². The third-order valence-electron chi connectivity index (χ3n) is 3.32. The Morgan fingerprint density at radius 3 is 1.91 bits per heavy atom. The number of nitrogens with one attached hydrogen (secondary N) is 2. The van der Waals surface area contributed by atoms with E-state index in [0.717, 1.165) is 22.5 Å². The molecule has 2 aromatic carbocycles. The Morgan fingerprint density at radius 2 is 1.30 bits per heavy atom. The van der Waals surface area contributed by atoms with E-state index in [0.29, 0.717) is 0 Å². The number of nitrogens with zero attached hydrogens (tertiary/aromatic N) is 4. The van der Waals surface area contributed by atoms with E-state index < -0.39 is 0 Å². The SMILES string of the molecule is Cc1ccccc1-c1c[nH]nn1.c1ccc(-c2c[nH]nn2)cc1. The molecule has 6 nitrogen and oxygen atoms in total. The molecule has 0 fully saturated rings. The first kappa shape index (κ1) is 14.6. The van der Waals surface area contributed by atoms with E-state index in [-0.39, 0.29) is 0 Å². The van der Waals surface area contributed by atoms with Crippen LogP contribution in [0.1, 0.15) is 5.56 Å². The molecule has 2 heterocycles. The highest BCUT2D eigenvalue weighted by atomic mass is 15.3. The zero-order valence-corrected chi connectivity index (χ0v) is 12.6. The maximum atomic E-state index is 3.94. The van der Waals surface area contributed by atoms with Crippen molar-refractivity contribution in [1.29, 1.82) is 0 Å². The van der Waals surface area contributed by atoms with E-state index in [2.05, 4.69) is 43.8 Å². The minimum absolute atomic E-state index is 0.880. The van der Waals surface area contributed by atoms with Crippen molar-refractivity contribution >= 4 is 0 Å². The van der Waals surface area contributed by atoms with Crippen LogP contribution in [0.4, 0.5) is 0 Å². The van der Waals surface area contributed by atoms with Crippen LogP contribution in [0, 0.1) is 6.92 Å². The highest BCUT2D eigenvalue weighted by molar-refractivity contribution is 5.61. The van der Waals surface area contributed by atoms with Crippen molar-refractivity contribution < 1.29 is 0 Å². The van der Waals surface area contributed by atoms with Crippen molar-refractivity contribution in [2.45, 2.75) is 6.92 Å². The van der Waals surface area contributed by atoms with Gasteiger partial charge in [-0.15, -0.1) is 10.2 Å². The molecule has 0 spiro atoms. The van der Waals surface area contributed by atoms with Crippen LogP contribution in [0.3, 0.4) is 0 Å². The molecule has 0 atom stereocenters. The summed E-state index contributed by atoms with van der Waals surface area (Å²) in [5.41, 5.74) is 5.21. The predicted molar refractivity (Wildman–Crippen MR) is 88.4 cm³/mol. The van der Waals surface area contributed by atoms with Crippen LogP contribution in [0.5, 0.6) is 0 Å². The Bertz CT molecular complexity index is 823. The van der Waals surface area contributed by atoms with Gasteiger partial charge in [-0.25, -0.2) is 0 Å². The second-order valence-corrected chi connectivity index (χ2v) is 4.90. The van der Waals surface area contributed by atoms with Gasteiger partial charge in [-0.05, 0) is 12.5 Å². The Kier molecular flexibility index (Phi) is 4.54. The minimum atomic E-state index is 0.880. The Balaban J connectivity index is 0.000000136. The topological polar surface area (TPSA) is 83.1 Å². The van der Waals surface area contributed by atoms with Crippen LogP contribution < -0.4 is 0 Å². The summed E-state index contributed by atoms with van der Waals surface area (Å²) in [4.78, 5) is 0. The number of rotatable bonds is 2. The maximum Gasteiger partial charge on any atom is 0.113 e. The van der Waals surface area contributed by atoms with Gasteiger partial charge in [0.2, 0.25) is 0 Å². The van der Waals surface area contributed by atoms with E-state index in [1.807, 2.05) is 48.5 Å². The van der Waals surface area contributed by atoms with Gasteiger partial charge in [0, 0.05) is 23.5 Å². The molecular weight excluding hydrogens is 288 g/mol. The van der Waals surface area contributed by atoms with Crippen molar-refractivity contribution in [3.63, 3.8) is 0 Å². The van der Waals surface area contributed by atoms with Gasteiger partial charge in [-0.2, -0.15) is 0 Å². The molecule has 114 valence electrons. The van der Waals surface area contributed by atoms with E-state index in [9.17, 15) is 0 Å². The van der Waals surface area contributed by atoms with Crippen molar-refractivity contribution in [1.82, 2.24) is 30.8 Å². The molecule has 0 bridgehead atoms. The zero-order chi connectivity index (χ0) is 15.9. The van der Waals surface area contributed by atoms with E-state index in [1.165, 1.54) is 5.56 Å². The largest absolute Gasteiger partial charge is 0.265 e. The monoisotopic (exact) mass is 304 g/mol. The summed E-state index contributed by atoms with van der Waals surface area (Å²) in [6, 6.07) is 18.0. The van der Waals surface area contributed by atoms with Crippen molar-refractivity contribution in [3.8, 4) is 22.5 Å². The van der Waals surface area contributed by atoms with Gasteiger partial charge in [-0.1, -0.05) is 65.0 Å². The lowest BCUT2D eigenvalue weighted by atomic mass is 10.1. The summed E-state index contributed by atoms with van der Waals surface area (Å²) in [6.45, 7) is 2.06. The van der Waals surface area contributed by atoms with E-state index >= 15 is 0 Å². The first-order valence-corrected chi connectivity index (χ1v) is 7.19. The predicted octanol–water partition coefficient (Wildman–Crippen LogP) is 3.25. The molecule has 0 radical (unpaired) electrons. The molecule has 0 aliphatic rings. The first-order chi connectivity index (χ1) is 11.3. The van der Waals surface area contributed by atoms with Crippen molar-refractivity contribution in [2.75, 3.05) is 0 Å². The highest BCUT2D eigenvalue weighted by Gasteiger charge is 2.01. The van der Waals surface area contributed by atoms with Gasteiger partial charge in [0.1, 0.15) is 11.4 Å². The summed E-state index contributed by atoms with van der Waals surface area (Å²) in [5, 5.41) is 20.5. The number of aromatic nitrogens is 6. The number of H-pyrrole nitrogens is 2. The van der Waals surface area contributed by atoms with Crippen molar-refractivity contribution in [3.05, 3.63) is 72.6 Å². The molecule has 0 saturated carbocycles. The van der Waals surface area contributed by atoms with Gasteiger partial charge >= 0.3 is 0 Å². The van der Waals surface area contributed by atoms with Gasteiger partial charge in [0.15, 0.2) is 0 Å². The summed E-state index contributed by atoms with van der Waals surface area (Å²) in [6.07, 6.45) is 3.57. The number of aryl methyl sites for hydroxylation is 1. The third-order valence-corrected chi connectivity index (χ3v) is 3.32. The van der Waals surface area contributed by atoms with Crippen LogP contribution in [-0.4, -0.2) is 30.8 Å². The Hall–Kier alpha value is -3.28. The Morgan fingerprint density at radius 1 is 0.696 bits per heavy atom. The fourth-order valence-electron chi connectivity index (χ4n) is 2.15. The molecule has 23 heavy (non-hydrogen) atoms. The molecule has 2 N–H and O–H groups in total. The average Bonchev–Trinajstić information content (AvgIpc) is 3.31. The lowest BCUT2D eigenvalue weighted by Crippen LogP contribution is -1.81. The molecule has 4 aromatic rings. The van der Waals surface area contributed by atoms with Crippen LogP contribution in [0.15, 0.2) is 67.0 Å². The lowest BCUT2D eigenvalue weighted by molar-refractivity contribution is 0.942. The van der Waals surface area contributed by atoms with Crippen LogP contribution in [0.25, 0.3) is 22.5 Å². The third kappa shape index (κ3) is 3.68. The minimum Gasteiger partial charge on any atom is -0.265 e. The van der Waals surface area contributed by atoms with Crippen LogP contribution in [-0.2, 0) is 0 Å². The molecule has 0 aliphatic heterocycles. The van der Waals surface area contributed by atoms with E-state index in [4.69, 9.17) is 0 Å².